The van der Waals surface area contributed by atoms with E-state index in [0.29, 0.717) is 18.9 Å². The van der Waals surface area contributed by atoms with Crippen molar-refractivity contribution in [3.05, 3.63) is 30.6 Å². The van der Waals surface area contributed by atoms with Crippen LogP contribution in [0.25, 0.3) is 5.69 Å². The van der Waals surface area contributed by atoms with Crippen molar-refractivity contribution in [1.82, 2.24) is 20.2 Å². The van der Waals surface area contributed by atoms with Crippen molar-refractivity contribution in [1.29, 1.82) is 0 Å². The maximum absolute atomic E-state index is 11.9. The van der Waals surface area contributed by atoms with Crippen LogP contribution in [0.3, 0.4) is 0 Å². The van der Waals surface area contributed by atoms with Gasteiger partial charge in [-0.3, -0.25) is 4.79 Å². The molecule has 2 aromatic rings. The van der Waals surface area contributed by atoms with Crippen LogP contribution < -0.4 is 11.1 Å². The molecule has 0 spiro atoms. The largest absolute Gasteiger partial charge is 0.330 e. The van der Waals surface area contributed by atoms with E-state index in [1.165, 1.54) is 6.33 Å². The second-order valence-corrected chi connectivity index (χ2v) is 5.07. The molecule has 21 heavy (non-hydrogen) atoms. The number of benzene rings is 1. The van der Waals surface area contributed by atoms with Crippen molar-refractivity contribution < 1.29 is 4.79 Å². The molecule has 0 fully saturated rings. The minimum Gasteiger partial charge on any atom is -0.330 e. The second kappa shape index (κ2) is 7.49. The number of nitrogens with one attached hydrogen (secondary N) is 1. The third kappa shape index (κ3) is 4.64. The quantitative estimate of drug-likeness (QED) is 0.801. The van der Waals surface area contributed by atoms with E-state index in [1.54, 1.807) is 4.68 Å². The van der Waals surface area contributed by atoms with Crippen LogP contribution in [0.4, 0.5) is 5.69 Å². The standard InChI is InChI=1S/C14H20N6O/c1-11(7-8-15)5-6-14(21)17-12-3-2-4-13(9-12)20-10-16-18-19-20/h2-4,9-11H,5-8,15H2,1H3,(H,17,21). The van der Waals surface area contributed by atoms with Crippen LogP contribution in [0.2, 0.25) is 0 Å². The fourth-order valence-corrected chi connectivity index (χ4v) is 2.04. The number of anilines is 1. The highest BCUT2D eigenvalue weighted by Crippen LogP contribution is 2.15. The van der Waals surface area contributed by atoms with Gasteiger partial charge in [-0.25, -0.2) is 4.68 Å². The Bertz CT molecular complexity index is 569. The molecule has 1 amide bonds. The molecule has 1 heterocycles. The van der Waals surface area contributed by atoms with Gasteiger partial charge < -0.3 is 11.1 Å². The summed E-state index contributed by atoms with van der Waals surface area (Å²) < 4.78 is 1.54. The third-order valence-electron chi connectivity index (χ3n) is 3.27. The number of carbonyl (C=O) groups is 1. The Balaban J connectivity index is 1.91. The number of carbonyl (C=O) groups excluding carboxylic acids is 1. The van der Waals surface area contributed by atoms with Crippen molar-refractivity contribution in [2.24, 2.45) is 11.7 Å². The summed E-state index contributed by atoms with van der Waals surface area (Å²) in [6.45, 7) is 2.77. The summed E-state index contributed by atoms with van der Waals surface area (Å²) in [6.07, 6.45) is 3.80. The molecule has 0 saturated carbocycles. The van der Waals surface area contributed by atoms with Crippen molar-refractivity contribution in [2.45, 2.75) is 26.2 Å². The van der Waals surface area contributed by atoms with Gasteiger partial charge in [0.15, 0.2) is 0 Å². The maximum Gasteiger partial charge on any atom is 0.224 e. The van der Waals surface area contributed by atoms with Crippen LogP contribution in [0.5, 0.6) is 0 Å². The molecule has 0 aliphatic heterocycles. The molecule has 1 unspecified atom stereocenters. The highest BCUT2D eigenvalue weighted by atomic mass is 16.1. The molecule has 0 radical (unpaired) electrons. The molecule has 0 saturated heterocycles. The lowest BCUT2D eigenvalue weighted by molar-refractivity contribution is -0.116. The second-order valence-electron chi connectivity index (χ2n) is 5.07. The molecule has 1 atom stereocenters. The average molecular weight is 288 g/mol. The summed E-state index contributed by atoms with van der Waals surface area (Å²) in [5, 5.41) is 13.9. The lowest BCUT2D eigenvalue weighted by Gasteiger charge is -2.10. The van der Waals surface area contributed by atoms with E-state index in [0.717, 1.165) is 24.2 Å². The van der Waals surface area contributed by atoms with Crippen LogP contribution in [-0.2, 0) is 4.79 Å². The molecule has 0 aliphatic rings. The molecule has 112 valence electrons. The van der Waals surface area contributed by atoms with Crippen molar-refractivity contribution in [3.63, 3.8) is 0 Å². The smallest absolute Gasteiger partial charge is 0.224 e. The van der Waals surface area contributed by atoms with Crippen LogP contribution in [0.1, 0.15) is 26.2 Å². The van der Waals surface area contributed by atoms with Gasteiger partial charge in [0.1, 0.15) is 6.33 Å². The van der Waals surface area contributed by atoms with Gasteiger partial charge in [-0.2, -0.15) is 0 Å². The Labute approximate surface area is 123 Å². The number of rotatable bonds is 7. The molecular weight excluding hydrogens is 268 g/mol. The number of tetrazole rings is 1. The molecule has 0 aliphatic carbocycles. The third-order valence-corrected chi connectivity index (χ3v) is 3.27. The van der Waals surface area contributed by atoms with Gasteiger partial charge in [0.25, 0.3) is 0 Å². The Morgan fingerprint density at radius 1 is 1.43 bits per heavy atom. The minimum absolute atomic E-state index is 0.00716. The summed E-state index contributed by atoms with van der Waals surface area (Å²) in [5.74, 6) is 0.473. The van der Waals surface area contributed by atoms with Gasteiger partial charge in [-0.05, 0) is 53.9 Å². The monoisotopic (exact) mass is 288 g/mol. The Morgan fingerprint density at radius 3 is 3.00 bits per heavy atom. The summed E-state index contributed by atoms with van der Waals surface area (Å²) in [6, 6.07) is 7.39. The van der Waals surface area contributed by atoms with Crippen LogP contribution >= 0.6 is 0 Å². The lowest BCUT2D eigenvalue weighted by Crippen LogP contribution is -2.14. The highest BCUT2D eigenvalue weighted by molar-refractivity contribution is 5.90. The maximum atomic E-state index is 11.9. The van der Waals surface area contributed by atoms with Gasteiger partial charge in [0, 0.05) is 12.1 Å². The molecule has 7 nitrogen and oxygen atoms in total. The summed E-state index contributed by atoms with van der Waals surface area (Å²) in [5.41, 5.74) is 7.04. The summed E-state index contributed by atoms with van der Waals surface area (Å²) in [4.78, 5) is 11.9. The molecule has 7 heteroatoms. The van der Waals surface area contributed by atoms with E-state index < -0.39 is 0 Å². The van der Waals surface area contributed by atoms with E-state index >= 15 is 0 Å². The van der Waals surface area contributed by atoms with E-state index in [4.69, 9.17) is 5.73 Å². The normalized spacial score (nSPS) is 12.1. The first-order chi connectivity index (χ1) is 10.2. The van der Waals surface area contributed by atoms with Gasteiger partial charge in [-0.1, -0.05) is 13.0 Å². The number of nitrogens with zero attached hydrogens (tertiary/aromatic N) is 4. The van der Waals surface area contributed by atoms with E-state index in [9.17, 15) is 4.79 Å². The minimum atomic E-state index is 0.00716. The zero-order valence-electron chi connectivity index (χ0n) is 12.1. The first kappa shape index (κ1) is 15.1. The number of amides is 1. The van der Waals surface area contributed by atoms with Crippen molar-refractivity contribution in [3.8, 4) is 5.69 Å². The number of nitrogens with two attached hydrogens (primary N) is 1. The highest BCUT2D eigenvalue weighted by Gasteiger charge is 2.07. The molecule has 3 N–H and O–H groups in total. The molecule has 1 aromatic carbocycles. The van der Waals surface area contributed by atoms with Crippen LogP contribution in [-0.4, -0.2) is 32.7 Å². The van der Waals surface area contributed by atoms with Gasteiger partial charge in [0.05, 0.1) is 5.69 Å². The van der Waals surface area contributed by atoms with E-state index in [1.807, 2.05) is 24.3 Å². The zero-order chi connectivity index (χ0) is 15.1. The topological polar surface area (TPSA) is 98.7 Å². The Hall–Kier alpha value is -2.28. The number of hydrogen-bond acceptors (Lipinski definition) is 5. The fraction of sp³-hybridized carbons (Fsp3) is 0.429. The van der Waals surface area contributed by atoms with Crippen molar-refractivity contribution in [2.75, 3.05) is 11.9 Å². The predicted molar refractivity (Wildman–Crippen MR) is 79.9 cm³/mol. The predicted octanol–water partition coefficient (Wildman–Crippen LogP) is 1.37. The average Bonchev–Trinajstić information content (AvgIpc) is 3.00. The van der Waals surface area contributed by atoms with E-state index in [2.05, 4.69) is 27.8 Å². The SMILES string of the molecule is CC(CCN)CCC(=O)Nc1cccc(-n2cnnn2)c1. The molecular formula is C14H20N6O. The number of hydrogen-bond donors (Lipinski definition) is 2. The molecule has 0 bridgehead atoms. The lowest BCUT2D eigenvalue weighted by atomic mass is 10.0. The van der Waals surface area contributed by atoms with E-state index in [-0.39, 0.29) is 5.91 Å². The van der Waals surface area contributed by atoms with Crippen LogP contribution in [0, 0.1) is 5.92 Å². The van der Waals surface area contributed by atoms with Crippen molar-refractivity contribution >= 4 is 11.6 Å². The fourth-order valence-electron chi connectivity index (χ4n) is 2.04. The van der Waals surface area contributed by atoms with Gasteiger partial charge in [-0.15, -0.1) is 5.10 Å². The van der Waals surface area contributed by atoms with Gasteiger partial charge >= 0.3 is 0 Å². The first-order valence-electron chi connectivity index (χ1n) is 7.02. The van der Waals surface area contributed by atoms with Crippen LogP contribution in [0.15, 0.2) is 30.6 Å². The number of aromatic nitrogens is 4. The first-order valence-corrected chi connectivity index (χ1v) is 7.02. The van der Waals surface area contributed by atoms with Gasteiger partial charge in [0.2, 0.25) is 5.91 Å². The molecule has 1 aromatic heterocycles. The summed E-state index contributed by atoms with van der Waals surface area (Å²) in [7, 11) is 0. The molecule has 2 rings (SSSR count). The Kier molecular flexibility index (Phi) is 5.39. The summed E-state index contributed by atoms with van der Waals surface area (Å²) >= 11 is 0. The Morgan fingerprint density at radius 2 is 2.29 bits per heavy atom. The zero-order valence-corrected chi connectivity index (χ0v) is 12.1.